The summed E-state index contributed by atoms with van der Waals surface area (Å²) in [5.41, 5.74) is 4.76. The lowest BCUT2D eigenvalue weighted by molar-refractivity contribution is -0.143. The maximum absolute atomic E-state index is 12.7. The van der Waals surface area contributed by atoms with Gasteiger partial charge in [0.2, 0.25) is 5.91 Å². The van der Waals surface area contributed by atoms with Crippen LogP contribution in [0.4, 0.5) is 0 Å². The number of amides is 1. The number of rotatable bonds is 2. The van der Waals surface area contributed by atoms with Crippen LogP contribution in [-0.2, 0) is 4.79 Å². The van der Waals surface area contributed by atoms with Gasteiger partial charge < -0.3 is 15.8 Å². The van der Waals surface area contributed by atoms with E-state index in [2.05, 4.69) is 5.16 Å². The molecule has 0 aromatic carbocycles. The van der Waals surface area contributed by atoms with Crippen LogP contribution in [0.2, 0.25) is 0 Å². The van der Waals surface area contributed by atoms with Crippen LogP contribution >= 0.6 is 0 Å². The highest BCUT2D eigenvalue weighted by molar-refractivity contribution is 6.06. The fourth-order valence-corrected chi connectivity index (χ4v) is 3.47. The number of carbonyl (C=O) groups is 1. The van der Waals surface area contributed by atoms with Crippen molar-refractivity contribution in [2.75, 3.05) is 6.54 Å². The fraction of sp³-hybridized carbons (Fsp3) is 0.857. The maximum Gasteiger partial charge on any atom is 0.236 e. The maximum atomic E-state index is 12.7. The van der Waals surface area contributed by atoms with E-state index < -0.39 is 5.41 Å². The van der Waals surface area contributed by atoms with Gasteiger partial charge in [0.15, 0.2) is 5.84 Å². The van der Waals surface area contributed by atoms with Crippen molar-refractivity contribution < 1.29 is 10.0 Å². The Morgan fingerprint density at radius 3 is 2.58 bits per heavy atom. The Morgan fingerprint density at radius 1 is 1.26 bits per heavy atom. The summed E-state index contributed by atoms with van der Waals surface area (Å²) in [5, 5.41) is 11.9. The van der Waals surface area contributed by atoms with Crippen LogP contribution in [0, 0.1) is 11.3 Å². The van der Waals surface area contributed by atoms with Crippen molar-refractivity contribution in [3.8, 4) is 0 Å². The summed E-state index contributed by atoms with van der Waals surface area (Å²) in [4.78, 5) is 14.7. The average molecular weight is 267 g/mol. The van der Waals surface area contributed by atoms with Crippen LogP contribution in [0.25, 0.3) is 0 Å². The normalized spacial score (nSPS) is 28.9. The van der Waals surface area contributed by atoms with Crippen LogP contribution in [-0.4, -0.2) is 34.4 Å². The fourth-order valence-electron chi connectivity index (χ4n) is 3.47. The molecule has 1 aliphatic carbocycles. The van der Waals surface area contributed by atoms with Crippen molar-refractivity contribution in [3.05, 3.63) is 0 Å². The molecule has 2 atom stereocenters. The van der Waals surface area contributed by atoms with E-state index in [9.17, 15) is 4.79 Å². The molecule has 2 unspecified atom stereocenters. The predicted octanol–water partition coefficient (Wildman–Crippen LogP) is 1.94. The van der Waals surface area contributed by atoms with E-state index in [1.165, 1.54) is 25.7 Å². The van der Waals surface area contributed by atoms with Crippen molar-refractivity contribution in [2.24, 2.45) is 22.2 Å². The summed E-state index contributed by atoms with van der Waals surface area (Å²) in [5.74, 6) is 0.643. The molecule has 5 nitrogen and oxygen atoms in total. The predicted molar refractivity (Wildman–Crippen MR) is 73.9 cm³/mol. The average Bonchev–Trinajstić information content (AvgIpc) is 2.44. The second-order valence-electron chi connectivity index (χ2n) is 6.36. The Balaban J connectivity index is 2.17. The molecule has 19 heavy (non-hydrogen) atoms. The first kappa shape index (κ1) is 14.2. The van der Waals surface area contributed by atoms with Gasteiger partial charge in [-0.05, 0) is 45.4 Å². The molecule has 2 rings (SSSR count). The number of hydrogen-bond donors (Lipinski definition) is 2. The molecule has 1 heterocycles. The van der Waals surface area contributed by atoms with Gasteiger partial charge in [-0.3, -0.25) is 4.79 Å². The lowest BCUT2D eigenvalue weighted by Crippen LogP contribution is -2.56. The van der Waals surface area contributed by atoms with E-state index in [-0.39, 0.29) is 11.7 Å². The molecule has 0 spiro atoms. The first-order valence-electron chi connectivity index (χ1n) is 7.27. The minimum absolute atomic E-state index is 0.000556. The SMILES string of the molecule is CC(C)(C(=O)N1CCCC2CCCCC21)C(N)=NO. The second-order valence-corrected chi connectivity index (χ2v) is 6.36. The standard InChI is InChI=1S/C14H25N3O2/c1-14(2,12(15)16-19)13(18)17-9-5-7-10-6-3-4-8-11(10)17/h10-11,19H,3-9H2,1-2H3,(H2,15,16). The lowest BCUT2D eigenvalue weighted by Gasteiger charge is -2.46. The second kappa shape index (κ2) is 5.39. The largest absolute Gasteiger partial charge is 0.409 e. The van der Waals surface area contributed by atoms with Crippen molar-refractivity contribution in [2.45, 2.75) is 58.4 Å². The molecule has 2 fully saturated rings. The Labute approximate surface area is 114 Å². The third-order valence-electron chi connectivity index (χ3n) is 4.79. The molecule has 0 radical (unpaired) electrons. The minimum Gasteiger partial charge on any atom is -0.409 e. The van der Waals surface area contributed by atoms with Gasteiger partial charge >= 0.3 is 0 Å². The smallest absolute Gasteiger partial charge is 0.236 e. The first-order chi connectivity index (χ1) is 8.98. The zero-order valence-electron chi connectivity index (χ0n) is 11.9. The molecule has 0 aromatic heterocycles. The molecule has 3 N–H and O–H groups in total. The zero-order valence-corrected chi connectivity index (χ0v) is 11.9. The Bertz CT molecular complexity index is 377. The number of likely N-dealkylation sites (tertiary alicyclic amines) is 1. The highest BCUT2D eigenvalue weighted by Gasteiger charge is 2.42. The van der Waals surface area contributed by atoms with Gasteiger partial charge in [0.25, 0.3) is 0 Å². The number of carbonyl (C=O) groups excluding carboxylic acids is 1. The van der Waals surface area contributed by atoms with Gasteiger partial charge in [0.05, 0.1) is 0 Å². The van der Waals surface area contributed by atoms with Crippen LogP contribution in [0.15, 0.2) is 5.16 Å². The van der Waals surface area contributed by atoms with Crippen LogP contribution in [0.3, 0.4) is 0 Å². The van der Waals surface area contributed by atoms with Crippen molar-refractivity contribution in [1.29, 1.82) is 0 Å². The molecule has 1 aliphatic heterocycles. The number of fused-ring (bicyclic) bond motifs is 1. The minimum atomic E-state index is -0.923. The summed E-state index contributed by atoms with van der Waals surface area (Å²) in [6.45, 7) is 4.27. The number of oxime groups is 1. The molecule has 108 valence electrons. The number of nitrogens with two attached hydrogens (primary N) is 1. The quantitative estimate of drug-likeness (QED) is 0.347. The monoisotopic (exact) mass is 267 g/mol. The molecule has 0 aromatic rings. The van der Waals surface area contributed by atoms with Crippen molar-refractivity contribution in [1.82, 2.24) is 4.90 Å². The van der Waals surface area contributed by atoms with Gasteiger partial charge in [-0.2, -0.15) is 0 Å². The van der Waals surface area contributed by atoms with Gasteiger partial charge in [-0.15, -0.1) is 0 Å². The third-order valence-corrected chi connectivity index (χ3v) is 4.79. The van der Waals surface area contributed by atoms with E-state index in [1.54, 1.807) is 13.8 Å². The van der Waals surface area contributed by atoms with Crippen LogP contribution in [0.5, 0.6) is 0 Å². The molecule has 2 aliphatic rings. The Morgan fingerprint density at radius 2 is 1.89 bits per heavy atom. The number of nitrogens with zero attached hydrogens (tertiary/aromatic N) is 2. The topological polar surface area (TPSA) is 78.9 Å². The van der Waals surface area contributed by atoms with Gasteiger partial charge in [-0.25, -0.2) is 0 Å². The summed E-state index contributed by atoms with van der Waals surface area (Å²) in [7, 11) is 0. The number of amidine groups is 1. The van der Waals surface area contributed by atoms with Crippen molar-refractivity contribution >= 4 is 11.7 Å². The molecule has 0 bridgehead atoms. The van der Waals surface area contributed by atoms with E-state index >= 15 is 0 Å². The third kappa shape index (κ3) is 2.55. The highest BCUT2D eigenvalue weighted by atomic mass is 16.4. The van der Waals surface area contributed by atoms with Crippen LogP contribution in [0.1, 0.15) is 52.4 Å². The molecule has 1 amide bonds. The van der Waals surface area contributed by atoms with E-state index in [1.807, 2.05) is 4.90 Å². The van der Waals surface area contributed by atoms with Gasteiger partial charge in [0, 0.05) is 12.6 Å². The Hall–Kier alpha value is -1.26. The zero-order chi connectivity index (χ0) is 14.0. The van der Waals surface area contributed by atoms with Crippen LogP contribution < -0.4 is 5.73 Å². The molecule has 1 saturated heterocycles. The molecule has 1 saturated carbocycles. The number of piperidine rings is 1. The van der Waals surface area contributed by atoms with Crippen molar-refractivity contribution in [3.63, 3.8) is 0 Å². The van der Waals surface area contributed by atoms with Gasteiger partial charge in [0.1, 0.15) is 5.41 Å². The first-order valence-corrected chi connectivity index (χ1v) is 7.27. The summed E-state index contributed by atoms with van der Waals surface area (Å²) in [6.07, 6.45) is 7.13. The Kier molecular flexibility index (Phi) is 4.02. The van der Waals surface area contributed by atoms with E-state index in [0.29, 0.717) is 12.0 Å². The summed E-state index contributed by atoms with van der Waals surface area (Å²) < 4.78 is 0. The van der Waals surface area contributed by atoms with E-state index in [4.69, 9.17) is 10.9 Å². The lowest BCUT2D eigenvalue weighted by atomic mass is 9.77. The summed E-state index contributed by atoms with van der Waals surface area (Å²) in [6, 6.07) is 0.362. The molecular formula is C14H25N3O2. The van der Waals surface area contributed by atoms with Gasteiger partial charge in [-0.1, -0.05) is 18.0 Å². The number of hydrogen-bond acceptors (Lipinski definition) is 3. The molecule has 5 heteroatoms. The van der Waals surface area contributed by atoms with E-state index in [0.717, 1.165) is 19.4 Å². The highest BCUT2D eigenvalue weighted by Crippen LogP contribution is 2.37. The molecular weight excluding hydrogens is 242 g/mol. The summed E-state index contributed by atoms with van der Waals surface area (Å²) >= 11 is 0.